The average molecular weight is 850 g/mol. The lowest BCUT2D eigenvalue weighted by molar-refractivity contribution is -0.396. The summed E-state index contributed by atoms with van der Waals surface area (Å²) < 4.78 is 0. The number of aliphatic carboxylic acids is 1. The van der Waals surface area contributed by atoms with Crippen LogP contribution in [0.15, 0.2) is 0 Å². The van der Waals surface area contributed by atoms with Crippen LogP contribution in [0.4, 0.5) is 0 Å². The molecule has 2 saturated heterocycles. The number of rotatable bonds is 23. The number of nitrogens with zero attached hydrogens (tertiary/aromatic N) is 2. The van der Waals surface area contributed by atoms with Crippen molar-refractivity contribution >= 4 is 72.6 Å². The van der Waals surface area contributed by atoms with Crippen LogP contribution in [0.5, 0.6) is 0 Å². The molecule has 0 spiro atoms. The van der Waals surface area contributed by atoms with Gasteiger partial charge in [0, 0.05) is 18.8 Å². The molecule has 10 atom stereocenters. The first-order valence-electron chi connectivity index (χ1n) is 19.5. The quantitative estimate of drug-likeness (QED) is 0.0341. The highest BCUT2D eigenvalue weighted by molar-refractivity contribution is 7.80. The predicted octanol–water partition coefficient (Wildman–Crippen LogP) is -5.22. The van der Waals surface area contributed by atoms with Gasteiger partial charge in [-0.3, -0.25) is 33.6 Å². The number of aliphatic hydroxyl groups is 2. The molecule has 14 N–H and O–H groups in total. The summed E-state index contributed by atoms with van der Waals surface area (Å²) in [5.74, 6) is -6.71. The molecule has 2 rings (SSSR count). The van der Waals surface area contributed by atoms with Crippen molar-refractivity contribution < 1.29 is 65.1 Å². The molecule has 0 bridgehead atoms. The van der Waals surface area contributed by atoms with E-state index in [1.54, 1.807) is 13.8 Å². The highest BCUT2D eigenvalue weighted by Gasteiger charge is 2.45. The molecule has 0 aliphatic carbocycles. The first kappa shape index (κ1) is 49.4. The molecule has 57 heavy (non-hydrogen) atoms. The molecule has 2 fully saturated rings. The van der Waals surface area contributed by atoms with E-state index in [2.05, 4.69) is 63.3 Å². The number of aliphatic hydroxyl groups excluding tert-OH is 2. The maximum Gasteiger partial charge on any atom is 0.327 e. The highest BCUT2D eigenvalue weighted by Crippen LogP contribution is 2.27. The fraction of sp³-hybridized carbons (Fsp3) is 0.771. The van der Waals surface area contributed by atoms with E-state index in [0.717, 1.165) is 0 Å². The Balaban J connectivity index is 2.24. The second-order valence-electron chi connectivity index (χ2n) is 14.6. The lowest BCUT2D eigenvalue weighted by Gasteiger charge is -2.35. The summed E-state index contributed by atoms with van der Waals surface area (Å²) in [6.45, 7) is 4.90. The molecule has 2 aliphatic heterocycles. The smallest absolute Gasteiger partial charge is 0.327 e. The molecule has 20 nitrogen and oxygen atoms in total. The molecular weight excluding hydrogens is 787 g/mol. The summed E-state index contributed by atoms with van der Waals surface area (Å²) >= 11 is 8.01. The van der Waals surface area contributed by atoms with Crippen LogP contribution in [0, 0.1) is 5.92 Å². The molecular formula is C35H63N9O11S2+2. The zero-order chi connectivity index (χ0) is 43.0. The van der Waals surface area contributed by atoms with Crippen LogP contribution in [0.2, 0.25) is 0 Å². The molecule has 0 unspecified atom stereocenters. The number of nitrogens with one attached hydrogen (secondary N) is 5. The number of quaternary nitrogens is 2. The van der Waals surface area contributed by atoms with Crippen molar-refractivity contribution in [3.63, 3.8) is 0 Å². The van der Waals surface area contributed by atoms with Gasteiger partial charge in [-0.15, -0.1) is 0 Å². The summed E-state index contributed by atoms with van der Waals surface area (Å²) in [6.07, 6.45) is 1.76. The van der Waals surface area contributed by atoms with Crippen LogP contribution in [-0.4, -0.2) is 165 Å². The molecule has 0 saturated carbocycles. The lowest BCUT2D eigenvalue weighted by Crippen LogP contribution is -2.70. The van der Waals surface area contributed by atoms with E-state index in [9.17, 15) is 53.7 Å². The van der Waals surface area contributed by atoms with Crippen LogP contribution >= 0.6 is 25.3 Å². The van der Waals surface area contributed by atoms with Gasteiger partial charge in [0.1, 0.15) is 42.3 Å². The Morgan fingerprint density at radius 3 is 1.88 bits per heavy atom. The van der Waals surface area contributed by atoms with Crippen molar-refractivity contribution in [2.75, 3.05) is 37.7 Å². The summed E-state index contributed by atoms with van der Waals surface area (Å²) in [7, 11) is 0. The molecule has 7 amide bonds. The Morgan fingerprint density at radius 2 is 1.33 bits per heavy atom. The minimum Gasteiger partial charge on any atom is -0.480 e. The third-order valence-corrected chi connectivity index (χ3v) is 11.1. The van der Waals surface area contributed by atoms with Crippen LogP contribution in [0.3, 0.4) is 0 Å². The van der Waals surface area contributed by atoms with E-state index in [1.165, 1.54) is 16.7 Å². The van der Waals surface area contributed by atoms with Gasteiger partial charge in [-0.25, -0.2) is 4.79 Å². The largest absolute Gasteiger partial charge is 0.480 e. The van der Waals surface area contributed by atoms with Crippen LogP contribution in [0.25, 0.3) is 0 Å². The monoisotopic (exact) mass is 849 g/mol. The zero-order valence-corrected chi connectivity index (χ0v) is 34.8. The standard InChI is InChI=1S/C35H61N9O11S2/c1-4-18(2)26(34(53)44-14-8-11-25(44)33(52)43-13-7-10-24(43)31(50)40-23(17-57)35(54)55)41-30(49)22(15-45)39-29(48)21(9-5-6-12-36)38-32(51)27(19(3)46)42-28(47)20(37)16-56/h18-27,45-46,56-57H,4-17,36-37H2,1-3H3,(H,38,51)(H,39,48)(H,40,50)(H,41,49)(H,42,47)(H,54,55)/p+2/t18-,19+,20-,21-,22-,23-,24-,25-,26-,27-/m0/s1. The van der Waals surface area contributed by atoms with Crippen molar-refractivity contribution in [2.24, 2.45) is 5.92 Å². The van der Waals surface area contributed by atoms with Gasteiger partial charge in [-0.2, -0.15) is 25.3 Å². The number of hydrogen-bond acceptors (Lipinski definition) is 12. The van der Waals surface area contributed by atoms with E-state index in [4.69, 9.17) is 0 Å². The third-order valence-electron chi connectivity index (χ3n) is 10.3. The normalized spacial score (nSPS) is 20.9. The van der Waals surface area contributed by atoms with Gasteiger partial charge in [0.25, 0.3) is 5.91 Å². The predicted molar refractivity (Wildman–Crippen MR) is 211 cm³/mol. The van der Waals surface area contributed by atoms with E-state index in [0.29, 0.717) is 51.5 Å². The maximum atomic E-state index is 14.2. The number of carboxylic acid groups (broad SMARTS) is 1. The number of carbonyl (C=O) groups excluding carboxylic acids is 7. The van der Waals surface area contributed by atoms with Crippen molar-refractivity contribution in [1.82, 2.24) is 36.4 Å². The van der Waals surface area contributed by atoms with E-state index >= 15 is 0 Å². The van der Waals surface area contributed by atoms with E-state index < -0.39 is 114 Å². The van der Waals surface area contributed by atoms with Crippen LogP contribution in [-0.2, 0) is 38.4 Å². The molecule has 2 heterocycles. The topological polar surface area (TPSA) is 319 Å². The molecule has 0 aromatic rings. The van der Waals surface area contributed by atoms with Crippen LogP contribution in [0.1, 0.15) is 72.1 Å². The minimum atomic E-state index is -1.56. The van der Waals surface area contributed by atoms with Gasteiger partial charge < -0.3 is 63.2 Å². The van der Waals surface area contributed by atoms with Gasteiger partial charge in [-0.05, 0) is 57.8 Å². The molecule has 0 aromatic heterocycles. The Labute approximate surface area is 343 Å². The lowest BCUT2D eigenvalue weighted by atomic mass is 9.96. The summed E-state index contributed by atoms with van der Waals surface area (Å²) in [5.41, 5.74) is 7.42. The second-order valence-corrected chi connectivity index (χ2v) is 15.3. The maximum absolute atomic E-state index is 14.2. The van der Waals surface area contributed by atoms with Crippen molar-refractivity contribution in [2.45, 2.75) is 127 Å². The number of unbranched alkanes of at least 4 members (excludes halogenated alkanes) is 1. The number of amides is 7. The zero-order valence-electron chi connectivity index (χ0n) is 33.0. The number of thiol groups is 2. The van der Waals surface area contributed by atoms with Crippen molar-refractivity contribution in [3.05, 3.63) is 0 Å². The third kappa shape index (κ3) is 14.0. The molecule has 22 heteroatoms. The molecule has 0 radical (unpaired) electrons. The first-order chi connectivity index (χ1) is 27.0. The minimum absolute atomic E-state index is 0.0785. The number of carbonyl (C=O) groups is 8. The fourth-order valence-corrected chi connectivity index (χ4v) is 7.05. The van der Waals surface area contributed by atoms with Gasteiger partial charge >= 0.3 is 5.97 Å². The first-order valence-corrected chi connectivity index (χ1v) is 20.7. The van der Waals surface area contributed by atoms with Gasteiger partial charge in [0.15, 0.2) is 6.04 Å². The number of carboxylic acids is 1. The van der Waals surface area contributed by atoms with Crippen molar-refractivity contribution in [1.29, 1.82) is 0 Å². The Kier molecular flexibility index (Phi) is 21.1. The fourth-order valence-electron chi connectivity index (χ4n) is 6.63. The highest BCUT2D eigenvalue weighted by atomic mass is 32.1. The second kappa shape index (κ2) is 24.3. The van der Waals surface area contributed by atoms with Crippen molar-refractivity contribution in [3.8, 4) is 0 Å². The molecule has 0 aromatic carbocycles. The Hall–Kier alpha value is -3.70. The van der Waals surface area contributed by atoms with E-state index in [1.807, 2.05) is 0 Å². The van der Waals surface area contributed by atoms with E-state index in [-0.39, 0.29) is 31.0 Å². The van der Waals surface area contributed by atoms with Gasteiger partial charge in [0.05, 0.1) is 25.0 Å². The Morgan fingerprint density at radius 1 is 0.754 bits per heavy atom. The number of likely N-dealkylation sites (tertiary alicyclic amines) is 2. The summed E-state index contributed by atoms with van der Waals surface area (Å²) in [6, 6.07) is -9.38. The summed E-state index contributed by atoms with van der Waals surface area (Å²) in [5, 5.41) is 42.3. The summed E-state index contributed by atoms with van der Waals surface area (Å²) in [4.78, 5) is 108. The van der Waals surface area contributed by atoms with Crippen LogP contribution < -0.4 is 38.1 Å². The van der Waals surface area contributed by atoms with Gasteiger partial charge in [0.2, 0.25) is 35.4 Å². The molecule has 2 aliphatic rings. The average Bonchev–Trinajstić information content (AvgIpc) is 3.89. The SMILES string of the molecule is CC[C@H](C)[C@H](NC(=O)[C@H](CO)NC(=O)[C@H](CCCC[NH3+])NC(=O)[C@@H](NC(=O)[C@@H]([NH3+])CS)[C@@H](C)O)C(=O)N1CCC[C@H]1C(=O)N1CCC[C@H]1C(=O)N[C@@H](CS)C(=O)O. The Bertz CT molecular complexity index is 1430. The van der Waals surface area contributed by atoms with Gasteiger partial charge in [-0.1, -0.05) is 20.3 Å². The molecule has 324 valence electrons. The number of hydrogen-bond donors (Lipinski definition) is 12.